The maximum Gasteiger partial charge on any atom is 0.282 e. The van der Waals surface area contributed by atoms with Gasteiger partial charge in [0.15, 0.2) is 0 Å². The topological polar surface area (TPSA) is 106 Å². The fraction of sp³-hybridized carbons (Fsp3) is 0.700. The number of morpholine rings is 1. The molecule has 2 atom stereocenters. The number of nitrogens with zero attached hydrogens (tertiary/aromatic N) is 3. The van der Waals surface area contributed by atoms with Gasteiger partial charge in [-0.15, -0.1) is 0 Å². The summed E-state index contributed by atoms with van der Waals surface area (Å²) in [5, 5.41) is 0. The van der Waals surface area contributed by atoms with E-state index in [0.29, 0.717) is 38.7 Å². The summed E-state index contributed by atoms with van der Waals surface area (Å²) in [6.07, 6.45) is -0.359. The molecule has 2 aliphatic rings. The van der Waals surface area contributed by atoms with Gasteiger partial charge in [0.05, 0.1) is 23.7 Å². The van der Waals surface area contributed by atoms with E-state index in [1.807, 2.05) is 20.8 Å². The minimum absolute atomic E-state index is 0.101. The summed E-state index contributed by atoms with van der Waals surface area (Å²) in [5.74, 6) is 0.563. The second-order valence-electron chi connectivity index (χ2n) is 7.90. The fourth-order valence-electron chi connectivity index (χ4n) is 3.84. The molecule has 0 spiro atoms. The summed E-state index contributed by atoms with van der Waals surface area (Å²) >= 11 is 0. The van der Waals surface area contributed by atoms with Crippen LogP contribution in [0.2, 0.25) is 0 Å². The van der Waals surface area contributed by atoms with Crippen molar-refractivity contribution < 1.29 is 31.0 Å². The van der Waals surface area contributed by atoms with Gasteiger partial charge in [-0.2, -0.15) is 21.3 Å². The maximum absolute atomic E-state index is 13.0. The van der Waals surface area contributed by atoms with Crippen LogP contribution in [0.3, 0.4) is 0 Å². The molecule has 0 bridgehead atoms. The predicted octanol–water partition coefficient (Wildman–Crippen LogP) is 0.762. The lowest BCUT2D eigenvalue weighted by Gasteiger charge is -2.39. The first-order valence-electron chi connectivity index (χ1n) is 10.9. The number of piperazine rings is 1. The molecule has 2 unspecified atom stereocenters. The van der Waals surface area contributed by atoms with Crippen molar-refractivity contribution in [2.24, 2.45) is 0 Å². The van der Waals surface area contributed by atoms with Gasteiger partial charge < -0.3 is 14.2 Å². The lowest BCUT2D eigenvalue weighted by molar-refractivity contribution is -0.0456. The number of hydrogen-bond donors (Lipinski definition) is 0. The number of benzene rings is 1. The van der Waals surface area contributed by atoms with E-state index in [0.717, 1.165) is 0 Å². The molecule has 2 aliphatic heterocycles. The van der Waals surface area contributed by atoms with Crippen LogP contribution in [0.1, 0.15) is 20.8 Å². The monoisotopic (exact) mass is 491 g/mol. The van der Waals surface area contributed by atoms with Crippen molar-refractivity contribution in [3.05, 3.63) is 24.3 Å². The Bertz CT molecular complexity index is 936. The Labute approximate surface area is 191 Å². The summed E-state index contributed by atoms with van der Waals surface area (Å²) in [7, 11) is -7.39. The zero-order chi connectivity index (χ0) is 23.4. The van der Waals surface area contributed by atoms with E-state index in [1.165, 1.54) is 25.0 Å². The van der Waals surface area contributed by atoms with Crippen molar-refractivity contribution in [3.63, 3.8) is 0 Å². The van der Waals surface area contributed by atoms with E-state index in [9.17, 15) is 16.8 Å². The van der Waals surface area contributed by atoms with Crippen molar-refractivity contribution in [1.82, 2.24) is 12.9 Å². The molecule has 182 valence electrons. The first kappa shape index (κ1) is 25.3. The van der Waals surface area contributed by atoms with Crippen molar-refractivity contribution in [2.75, 3.05) is 59.1 Å². The van der Waals surface area contributed by atoms with Gasteiger partial charge in [0, 0.05) is 45.9 Å². The first-order valence-corrected chi connectivity index (χ1v) is 13.7. The molecule has 0 aliphatic carbocycles. The van der Waals surface area contributed by atoms with Crippen LogP contribution in [-0.4, -0.2) is 101 Å². The second-order valence-corrected chi connectivity index (χ2v) is 11.8. The van der Waals surface area contributed by atoms with E-state index in [1.54, 1.807) is 12.1 Å². The van der Waals surface area contributed by atoms with E-state index in [-0.39, 0.29) is 43.3 Å². The van der Waals surface area contributed by atoms with Crippen LogP contribution in [0.5, 0.6) is 5.75 Å². The van der Waals surface area contributed by atoms with Gasteiger partial charge in [0.25, 0.3) is 10.2 Å². The predicted molar refractivity (Wildman–Crippen MR) is 119 cm³/mol. The molecule has 1 aromatic carbocycles. The normalized spacial score (nSPS) is 24.5. The molecule has 10 nitrogen and oxygen atoms in total. The zero-order valence-corrected chi connectivity index (χ0v) is 20.5. The third-order valence-electron chi connectivity index (χ3n) is 5.40. The lowest BCUT2D eigenvalue weighted by atomic mass is 10.3. The van der Waals surface area contributed by atoms with E-state index in [2.05, 4.69) is 0 Å². The molecule has 0 saturated carbocycles. The third kappa shape index (κ3) is 5.99. The van der Waals surface area contributed by atoms with Gasteiger partial charge in [0.2, 0.25) is 10.0 Å². The largest absolute Gasteiger partial charge is 0.491 e. The number of hydrogen-bond acceptors (Lipinski definition) is 7. The highest BCUT2D eigenvalue weighted by molar-refractivity contribution is 7.89. The lowest BCUT2D eigenvalue weighted by Crippen LogP contribution is -2.57. The van der Waals surface area contributed by atoms with Gasteiger partial charge in [-0.1, -0.05) is 0 Å². The van der Waals surface area contributed by atoms with Crippen molar-refractivity contribution >= 4 is 20.2 Å². The minimum Gasteiger partial charge on any atom is -0.491 e. The average molecular weight is 492 g/mol. The molecule has 0 aromatic heterocycles. The third-order valence-corrected chi connectivity index (χ3v) is 9.28. The molecule has 2 heterocycles. The Hall–Kier alpha value is -1.28. The Morgan fingerprint density at radius 1 is 0.875 bits per heavy atom. The van der Waals surface area contributed by atoms with Crippen LogP contribution < -0.4 is 4.74 Å². The quantitative estimate of drug-likeness (QED) is 0.470. The highest BCUT2D eigenvalue weighted by atomic mass is 32.2. The first-order chi connectivity index (χ1) is 15.1. The van der Waals surface area contributed by atoms with Crippen molar-refractivity contribution in [2.45, 2.75) is 37.9 Å². The minimum atomic E-state index is -3.72. The van der Waals surface area contributed by atoms with Crippen LogP contribution in [0.15, 0.2) is 29.2 Å². The van der Waals surface area contributed by atoms with Crippen LogP contribution in [0.4, 0.5) is 0 Å². The Kier molecular flexibility index (Phi) is 8.53. The summed E-state index contributed by atoms with van der Waals surface area (Å²) in [6.45, 7) is 8.07. The number of ether oxygens (including phenoxy) is 3. The maximum atomic E-state index is 13.0. The Balaban J connectivity index is 1.59. The molecule has 0 amide bonds. The molecule has 32 heavy (non-hydrogen) atoms. The standard InChI is InChI=1S/C20H33N3O7S2/c1-4-28-13-14-29-19-5-7-20(8-6-19)31(24,25)21-9-11-22(12-10-21)32(26,27)23-15-17(2)30-18(3)16-23/h5-8,17-18H,4,9-16H2,1-3H3. The summed E-state index contributed by atoms with van der Waals surface area (Å²) in [5.41, 5.74) is 0. The molecular weight excluding hydrogens is 458 g/mol. The number of sulfonamides is 1. The van der Waals surface area contributed by atoms with E-state index in [4.69, 9.17) is 14.2 Å². The highest BCUT2D eigenvalue weighted by Crippen LogP contribution is 2.23. The molecular formula is C20H33N3O7S2. The second kappa shape index (κ2) is 10.8. The van der Waals surface area contributed by atoms with Crippen molar-refractivity contribution in [1.29, 1.82) is 0 Å². The van der Waals surface area contributed by atoms with E-state index < -0.39 is 20.2 Å². The molecule has 0 N–H and O–H groups in total. The summed E-state index contributed by atoms with van der Waals surface area (Å²) < 4.78 is 72.6. The van der Waals surface area contributed by atoms with Crippen molar-refractivity contribution in [3.8, 4) is 5.75 Å². The molecule has 2 saturated heterocycles. The molecule has 2 fully saturated rings. The Morgan fingerprint density at radius 3 is 2.00 bits per heavy atom. The fourth-order valence-corrected chi connectivity index (χ4v) is 7.01. The molecule has 12 heteroatoms. The van der Waals surface area contributed by atoms with Gasteiger partial charge in [-0.25, -0.2) is 8.42 Å². The van der Waals surface area contributed by atoms with E-state index >= 15 is 0 Å². The molecule has 3 rings (SSSR count). The van der Waals surface area contributed by atoms with Gasteiger partial charge >= 0.3 is 0 Å². The average Bonchev–Trinajstić information content (AvgIpc) is 2.76. The SMILES string of the molecule is CCOCCOc1ccc(S(=O)(=O)N2CCN(S(=O)(=O)N3CC(C)OC(C)C3)CC2)cc1. The smallest absolute Gasteiger partial charge is 0.282 e. The zero-order valence-electron chi connectivity index (χ0n) is 18.8. The van der Waals surface area contributed by atoms with Crippen LogP contribution in [-0.2, 0) is 29.7 Å². The number of rotatable bonds is 9. The summed E-state index contributed by atoms with van der Waals surface area (Å²) in [6, 6.07) is 6.23. The molecule has 1 aromatic rings. The van der Waals surface area contributed by atoms with Gasteiger partial charge in [0.1, 0.15) is 12.4 Å². The van der Waals surface area contributed by atoms with Crippen LogP contribution >= 0.6 is 0 Å². The molecule has 0 radical (unpaired) electrons. The van der Waals surface area contributed by atoms with Gasteiger partial charge in [-0.3, -0.25) is 0 Å². The summed E-state index contributed by atoms with van der Waals surface area (Å²) in [4.78, 5) is 0.154. The highest BCUT2D eigenvalue weighted by Gasteiger charge is 2.38. The van der Waals surface area contributed by atoms with Crippen LogP contribution in [0, 0.1) is 0 Å². The Morgan fingerprint density at radius 2 is 1.44 bits per heavy atom. The van der Waals surface area contributed by atoms with Gasteiger partial charge in [-0.05, 0) is 45.0 Å². The van der Waals surface area contributed by atoms with Crippen LogP contribution in [0.25, 0.3) is 0 Å².